The van der Waals surface area contributed by atoms with E-state index in [1.165, 1.54) is 0 Å². The number of rotatable bonds is 4. The first-order valence-electron chi connectivity index (χ1n) is 5.74. The van der Waals surface area contributed by atoms with Crippen LogP contribution in [0.25, 0.3) is 0 Å². The van der Waals surface area contributed by atoms with Crippen LogP contribution in [0.3, 0.4) is 0 Å². The molecule has 2 rings (SSSR count). The van der Waals surface area contributed by atoms with Crippen molar-refractivity contribution in [3.05, 3.63) is 11.8 Å². The van der Waals surface area contributed by atoms with Gasteiger partial charge in [0.1, 0.15) is 5.03 Å². The van der Waals surface area contributed by atoms with E-state index in [0.717, 1.165) is 29.5 Å². The molecule has 1 aromatic heterocycles. The molecule has 2 heterocycles. The quantitative estimate of drug-likeness (QED) is 0.697. The molecule has 17 heavy (non-hydrogen) atoms. The van der Waals surface area contributed by atoms with Gasteiger partial charge in [-0.1, -0.05) is 13.8 Å². The molecule has 0 amide bonds. The minimum atomic E-state index is 0.540. The standard InChI is InChI=1S/C10H18N6S/c1-4-15-9(12-13-14-15)8-5-11-16(10(8)17)6-7(2)3/h5,7,13-14,17H,4,6H2,1-3H3. The van der Waals surface area contributed by atoms with Gasteiger partial charge >= 0.3 is 0 Å². The predicted octanol–water partition coefficient (Wildman–Crippen LogP) is 0.834. The maximum atomic E-state index is 4.53. The summed E-state index contributed by atoms with van der Waals surface area (Å²) >= 11 is 4.53. The molecule has 0 aliphatic carbocycles. The van der Waals surface area contributed by atoms with Crippen molar-refractivity contribution in [2.75, 3.05) is 6.54 Å². The maximum absolute atomic E-state index is 4.53. The molecule has 0 unspecified atom stereocenters. The second-order valence-electron chi connectivity index (χ2n) is 4.36. The number of aromatic nitrogens is 2. The van der Waals surface area contributed by atoms with Gasteiger partial charge in [0.05, 0.1) is 11.8 Å². The van der Waals surface area contributed by atoms with E-state index in [2.05, 4.69) is 47.7 Å². The Bertz CT molecular complexity index is 424. The molecule has 0 saturated carbocycles. The first-order valence-corrected chi connectivity index (χ1v) is 6.19. The van der Waals surface area contributed by atoms with E-state index in [4.69, 9.17) is 0 Å². The average Bonchev–Trinajstić information content (AvgIpc) is 2.86. The van der Waals surface area contributed by atoms with Crippen molar-refractivity contribution in [3.8, 4) is 0 Å². The number of hydrazone groups is 1. The first kappa shape index (κ1) is 12.3. The highest BCUT2D eigenvalue weighted by atomic mass is 32.1. The third-order valence-corrected chi connectivity index (χ3v) is 2.98. The average molecular weight is 254 g/mol. The molecule has 0 bridgehead atoms. The molecular weight excluding hydrogens is 236 g/mol. The lowest BCUT2D eigenvalue weighted by Gasteiger charge is -2.15. The highest BCUT2D eigenvalue weighted by Crippen LogP contribution is 2.17. The van der Waals surface area contributed by atoms with Gasteiger partial charge in [-0.2, -0.15) is 5.10 Å². The Balaban J connectivity index is 2.25. The number of hydrogen-bond acceptors (Lipinski definition) is 6. The molecule has 1 aromatic rings. The van der Waals surface area contributed by atoms with E-state index in [1.54, 1.807) is 6.20 Å². The summed E-state index contributed by atoms with van der Waals surface area (Å²) in [5.41, 5.74) is 6.62. The lowest BCUT2D eigenvalue weighted by Crippen LogP contribution is -2.40. The maximum Gasteiger partial charge on any atom is 0.177 e. The van der Waals surface area contributed by atoms with Gasteiger partial charge in [0.15, 0.2) is 5.84 Å². The van der Waals surface area contributed by atoms with Crippen molar-refractivity contribution in [1.82, 2.24) is 25.9 Å². The van der Waals surface area contributed by atoms with Gasteiger partial charge in [-0.25, -0.2) is 5.53 Å². The highest BCUT2D eigenvalue weighted by molar-refractivity contribution is 7.80. The van der Waals surface area contributed by atoms with E-state index in [1.807, 2.05) is 16.6 Å². The third-order valence-electron chi connectivity index (χ3n) is 2.51. The molecular formula is C10H18N6S. The Kier molecular flexibility index (Phi) is 3.58. The molecule has 94 valence electrons. The molecule has 0 saturated heterocycles. The zero-order valence-electron chi connectivity index (χ0n) is 10.3. The summed E-state index contributed by atoms with van der Waals surface area (Å²) in [5, 5.41) is 11.3. The minimum absolute atomic E-state index is 0.540. The molecule has 6 nitrogen and oxygen atoms in total. The summed E-state index contributed by atoms with van der Waals surface area (Å²) in [5.74, 6) is 1.37. The monoisotopic (exact) mass is 254 g/mol. The van der Waals surface area contributed by atoms with Crippen LogP contribution in [0.15, 0.2) is 16.3 Å². The number of thiol groups is 1. The molecule has 7 heteroatoms. The van der Waals surface area contributed by atoms with Crippen molar-refractivity contribution < 1.29 is 0 Å². The normalized spacial score (nSPS) is 15.4. The van der Waals surface area contributed by atoms with Crippen molar-refractivity contribution in [2.45, 2.75) is 32.3 Å². The fraction of sp³-hybridized carbons (Fsp3) is 0.600. The van der Waals surface area contributed by atoms with E-state index in [-0.39, 0.29) is 0 Å². The van der Waals surface area contributed by atoms with Gasteiger partial charge < -0.3 is 0 Å². The predicted molar refractivity (Wildman–Crippen MR) is 69.5 cm³/mol. The van der Waals surface area contributed by atoms with E-state index < -0.39 is 0 Å². The van der Waals surface area contributed by atoms with Gasteiger partial charge in [0.25, 0.3) is 0 Å². The summed E-state index contributed by atoms with van der Waals surface area (Å²) in [7, 11) is 0. The fourth-order valence-corrected chi connectivity index (χ4v) is 1.99. The second-order valence-corrected chi connectivity index (χ2v) is 4.78. The van der Waals surface area contributed by atoms with Gasteiger partial charge in [0, 0.05) is 13.1 Å². The van der Waals surface area contributed by atoms with Crippen LogP contribution in [0.5, 0.6) is 0 Å². The van der Waals surface area contributed by atoms with Crippen LogP contribution in [0, 0.1) is 5.92 Å². The molecule has 0 aromatic carbocycles. The lowest BCUT2D eigenvalue weighted by atomic mass is 10.2. The van der Waals surface area contributed by atoms with E-state index in [0.29, 0.717) is 5.92 Å². The van der Waals surface area contributed by atoms with Crippen molar-refractivity contribution in [3.63, 3.8) is 0 Å². The van der Waals surface area contributed by atoms with Crippen LogP contribution in [0.4, 0.5) is 0 Å². The molecule has 1 aliphatic rings. The summed E-state index contributed by atoms with van der Waals surface area (Å²) in [6.07, 6.45) is 1.81. The Morgan fingerprint density at radius 2 is 2.24 bits per heavy atom. The molecule has 0 fully saturated rings. The fourth-order valence-electron chi connectivity index (χ4n) is 1.70. The van der Waals surface area contributed by atoms with E-state index in [9.17, 15) is 0 Å². The smallest absolute Gasteiger partial charge is 0.177 e. The number of nitrogens with zero attached hydrogens (tertiary/aromatic N) is 4. The molecule has 1 aliphatic heterocycles. The largest absolute Gasteiger partial charge is 0.271 e. The third kappa shape index (κ3) is 2.39. The Hall–Kier alpha value is -1.21. The van der Waals surface area contributed by atoms with Gasteiger partial charge in [-0.15, -0.1) is 23.3 Å². The van der Waals surface area contributed by atoms with Crippen LogP contribution < -0.4 is 11.1 Å². The minimum Gasteiger partial charge on any atom is -0.271 e. The van der Waals surface area contributed by atoms with Gasteiger partial charge in [-0.05, 0) is 12.8 Å². The van der Waals surface area contributed by atoms with Crippen LogP contribution >= 0.6 is 12.6 Å². The molecule has 2 N–H and O–H groups in total. The molecule has 0 atom stereocenters. The van der Waals surface area contributed by atoms with E-state index >= 15 is 0 Å². The van der Waals surface area contributed by atoms with Gasteiger partial charge in [0.2, 0.25) is 0 Å². The number of hydrogen-bond donors (Lipinski definition) is 3. The summed E-state index contributed by atoms with van der Waals surface area (Å²) in [6, 6.07) is 0. The number of nitrogens with one attached hydrogen (secondary N) is 2. The summed E-state index contributed by atoms with van der Waals surface area (Å²) in [6.45, 7) is 8.03. The van der Waals surface area contributed by atoms with Crippen LogP contribution in [0.2, 0.25) is 0 Å². The number of hydrazine groups is 2. The van der Waals surface area contributed by atoms with Crippen molar-refractivity contribution in [2.24, 2.45) is 11.0 Å². The summed E-state index contributed by atoms with van der Waals surface area (Å²) < 4.78 is 1.90. The van der Waals surface area contributed by atoms with Crippen LogP contribution in [-0.4, -0.2) is 27.2 Å². The van der Waals surface area contributed by atoms with Crippen LogP contribution in [0.1, 0.15) is 26.3 Å². The highest BCUT2D eigenvalue weighted by Gasteiger charge is 2.22. The zero-order chi connectivity index (χ0) is 12.4. The lowest BCUT2D eigenvalue weighted by molar-refractivity contribution is 0.308. The number of amidine groups is 1. The second kappa shape index (κ2) is 4.97. The zero-order valence-corrected chi connectivity index (χ0v) is 11.2. The molecule has 0 radical (unpaired) electrons. The topological polar surface area (TPSA) is 57.5 Å². The Morgan fingerprint density at radius 3 is 2.88 bits per heavy atom. The Morgan fingerprint density at radius 1 is 1.47 bits per heavy atom. The first-order chi connectivity index (χ1) is 8.13. The van der Waals surface area contributed by atoms with Crippen molar-refractivity contribution >= 4 is 18.5 Å². The molecule has 0 spiro atoms. The SMILES string of the molecule is CCN1NNN=C1c1cnn(CC(C)C)c1S. The summed E-state index contributed by atoms with van der Waals surface area (Å²) in [4.78, 5) is 0. The van der Waals surface area contributed by atoms with Crippen molar-refractivity contribution in [1.29, 1.82) is 0 Å². The Labute approximate surface area is 106 Å². The van der Waals surface area contributed by atoms with Gasteiger partial charge in [-0.3, -0.25) is 9.69 Å². The van der Waals surface area contributed by atoms with Crippen LogP contribution in [-0.2, 0) is 6.54 Å².